The maximum absolute atomic E-state index is 4.62. The van der Waals surface area contributed by atoms with Crippen LogP contribution in [-0.2, 0) is 0 Å². The van der Waals surface area contributed by atoms with Gasteiger partial charge >= 0.3 is 0 Å². The second kappa shape index (κ2) is 6.20. The first-order valence-electron chi connectivity index (χ1n) is 8.12. The van der Waals surface area contributed by atoms with Gasteiger partial charge in [0.2, 0.25) is 0 Å². The lowest BCUT2D eigenvalue weighted by atomic mass is 9.63. The Morgan fingerprint density at radius 3 is 2.33 bits per heavy atom. The van der Waals surface area contributed by atoms with Gasteiger partial charge in [0.15, 0.2) is 0 Å². The molecule has 0 aromatic carbocycles. The van der Waals surface area contributed by atoms with Gasteiger partial charge in [-0.3, -0.25) is 4.98 Å². The van der Waals surface area contributed by atoms with E-state index in [1.807, 2.05) is 6.20 Å². The van der Waals surface area contributed by atoms with Crippen LogP contribution in [0.1, 0.15) is 60.3 Å². The molecule has 118 valence electrons. The molecule has 1 fully saturated rings. The number of nitrogens with one attached hydrogen (secondary N) is 2. The van der Waals surface area contributed by atoms with Crippen molar-refractivity contribution in [2.75, 3.05) is 17.2 Å². The van der Waals surface area contributed by atoms with E-state index in [1.54, 1.807) is 6.20 Å². The fourth-order valence-electron chi connectivity index (χ4n) is 3.93. The predicted octanol–water partition coefficient (Wildman–Crippen LogP) is 4.32. The molecule has 0 saturated heterocycles. The van der Waals surface area contributed by atoms with Crippen LogP contribution in [0.4, 0.5) is 11.6 Å². The van der Waals surface area contributed by atoms with Gasteiger partial charge in [-0.25, -0.2) is 4.98 Å². The largest absolute Gasteiger partial charge is 0.369 e. The quantitative estimate of drug-likeness (QED) is 0.848. The van der Waals surface area contributed by atoms with E-state index in [1.165, 1.54) is 19.3 Å². The number of hydrogen-bond donors (Lipinski definition) is 2. The summed E-state index contributed by atoms with van der Waals surface area (Å²) >= 11 is 0. The lowest BCUT2D eigenvalue weighted by Crippen LogP contribution is -2.40. The van der Waals surface area contributed by atoms with E-state index in [2.05, 4.69) is 55.2 Å². The fraction of sp³-hybridized carbons (Fsp3) is 0.765. The Bertz CT molecular complexity index is 452. The standard InChI is InChI=1S/C17H30N4/c1-6-7-19-14-10-18-11-15(21-14)20-13-8-16(2,3)12-17(4,5)9-13/h10-11,13H,6-9,12H2,1-5H3,(H2,19,20,21). The molecule has 4 heteroatoms. The molecule has 4 nitrogen and oxygen atoms in total. The number of hydrogen-bond acceptors (Lipinski definition) is 4. The van der Waals surface area contributed by atoms with Crippen molar-refractivity contribution in [3.8, 4) is 0 Å². The Morgan fingerprint density at radius 2 is 1.71 bits per heavy atom. The highest BCUT2D eigenvalue weighted by Gasteiger charge is 2.38. The number of aromatic nitrogens is 2. The average molecular weight is 290 g/mol. The summed E-state index contributed by atoms with van der Waals surface area (Å²) in [5.41, 5.74) is 0.760. The first-order valence-corrected chi connectivity index (χ1v) is 8.12. The highest BCUT2D eigenvalue weighted by atomic mass is 15.1. The third-order valence-electron chi connectivity index (χ3n) is 4.10. The van der Waals surface area contributed by atoms with Crippen LogP contribution in [0.3, 0.4) is 0 Å². The molecule has 0 bridgehead atoms. The topological polar surface area (TPSA) is 49.8 Å². The Morgan fingerprint density at radius 1 is 1.10 bits per heavy atom. The maximum Gasteiger partial charge on any atom is 0.147 e. The molecule has 2 rings (SSSR count). The van der Waals surface area contributed by atoms with Crippen LogP contribution in [0.2, 0.25) is 0 Å². The molecule has 1 aromatic rings. The summed E-state index contributed by atoms with van der Waals surface area (Å²) in [6, 6.07) is 0.472. The summed E-state index contributed by atoms with van der Waals surface area (Å²) in [6.07, 6.45) is 8.35. The van der Waals surface area contributed by atoms with Crippen LogP contribution in [0.5, 0.6) is 0 Å². The minimum atomic E-state index is 0.380. The van der Waals surface area contributed by atoms with Gasteiger partial charge in [-0.2, -0.15) is 0 Å². The molecule has 1 aliphatic rings. The SMILES string of the molecule is CCCNc1cncc(NC2CC(C)(C)CC(C)(C)C2)n1. The zero-order valence-corrected chi connectivity index (χ0v) is 14.2. The van der Waals surface area contributed by atoms with Crippen molar-refractivity contribution in [3.05, 3.63) is 12.4 Å². The van der Waals surface area contributed by atoms with Crippen LogP contribution < -0.4 is 10.6 Å². The monoisotopic (exact) mass is 290 g/mol. The van der Waals surface area contributed by atoms with Crippen LogP contribution in [0.25, 0.3) is 0 Å². The number of nitrogens with zero attached hydrogens (tertiary/aromatic N) is 2. The minimum absolute atomic E-state index is 0.380. The van der Waals surface area contributed by atoms with Crippen molar-refractivity contribution in [1.82, 2.24) is 9.97 Å². The molecule has 1 aromatic heterocycles. The molecule has 1 heterocycles. The maximum atomic E-state index is 4.62. The second-order valence-electron chi connectivity index (χ2n) is 7.97. The second-order valence-corrected chi connectivity index (χ2v) is 7.97. The third-order valence-corrected chi connectivity index (χ3v) is 4.10. The highest BCUT2D eigenvalue weighted by Crippen LogP contribution is 2.46. The molecule has 0 unspecified atom stereocenters. The fourth-order valence-corrected chi connectivity index (χ4v) is 3.93. The lowest BCUT2D eigenvalue weighted by molar-refractivity contribution is 0.105. The van der Waals surface area contributed by atoms with Crippen LogP contribution in [-0.4, -0.2) is 22.6 Å². The van der Waals surface area contributed by atoms with Crippen molar-refractivity contribution >= 4 is 11.6 Å². The van der Waals surface area contributed by atoms with E-state index in [0.717, 1.165) is 24.6 Å². The number of anilines is 2. The summed E-state index contributed by atoms with van der Waals surface area (Å²) in [7, 11) is 0. The van der Waals surface area contributed by atoms with Crippen molar-refractivity contribution in [2.45, 2.75) is 66.3 Å². The van der Waals surface area contributed by atoms with Crippen molar-refractivity contribution in [1.29, 1.82) is 0 Å². The van der Waals surface area contributed by atoms with Gasteiger partial charge in [0.05, 0.1) is 12.4 Å². The molecule has 0 aliphatic heterocycles. The molecule has 0 radical (unpaired) electrons. The van der Waals surface area contributed by atoms with Gasteiger partial charge in [-0.1, -0.05) is 34.6 Å². The van der Waals surface area contributed by atoms with Crippen molar-refractivity contribution in [2.24, 2.45) is 10.8 Å². The molecule has 1 aliphatic carbocycles. The van der Waals surface area contributed by atoms with Crippen LogP contribution in [0, 0.1) is 10.8 Å². The predicted molar refractivity (Wildman–Crippen MR) is 89.6 cm³/mol. The Kier molecular flexibility index (Phi) is 4.74. The van der Waals surface area contributed by atoms with Gasteiger partial charge in [0, 0.05) is 12.6 Å². The summed E-state index contributed by atoms with van der Waals surface area (Å²) < 4.78 is 0. The lowest BCUT2D eigenvalue weighted by Gasteiger charge is -2.45. The zero-order chi connectivity index (χ0) is 15.5. The number of rotatable bonds is 5. The molecule has 21 heavy (non-hydrogen) atoms. The first-order chi connectivity index (χ1) is 9.80. The molecule has 0 amide bonds. The van der Waals surface area contributed by atoms with E-state index >= 15 is 0 Å². The minimum Gasteiger partial charge on any atom is -0.369 e. The third kappa shape index (κ3) is 4.87. The molecule has 2 N–H and O–H groups in total. The van der Waals surface area contributed by atoms with E-state index in [9.17, 15) is 0 Å². The summed E-state index contributed by atoms with van der Waals surface area (Å²) in [5, 5.41) is 6.89. The molecule has 1 saturated carbocycles. The van der Waals surface area contributed by atoms with Gasteiger partial charge in [0.1, 0.15) is 11.6 Å². The van der Waals surface area contributed by atoms with E-state index in [-0.39, 0.29) is 0 Å². The summed E-state index contributed by atoms with van der Waals surface area (Å²) in [4.78, 5) is 8.90. The molecular weight excluding hydrogens is 260 g/mol. The van der Waals surface area contributed by atoms with Gasteiger partial charge < -0.3 is 10.6 Å². The normalized spacial score (nSPS) is 21.0. The van der Waals surface area contributed by atoms with Crippen molar-refractivity contribution in [3.63, 3.8) is 0 Å². The van der Waals surface area contributed by atoms with Crippen molar-refractivity contribution < 1.29 is 0 Å². The Balaban J connectivity index is 2.03. The van der Waals surface area contributed by atoms with E-state index in [0.29, 0.717) is 16.9 Å². The highest BCUT2D eigenvalue weighted by molar-refractivity contribution is 5.42. The zero-order valence-electron chi connectivity index (χ0n) is 14.2. The Labute approximate surface area is 129 Å². The first kappa shape index (κ1) is 16.1. The van der Waals surface area contributed by atoms with Gasteiger partial charge in [-0.15, -0.1) is 0 Å². The molecular formula is C17H30N4. The smallest absolute Gasteiger partial charge is 0.147 e. The summed E-state index contributed by atoms with van der Waals surface area (Å²) in [5.74, 6) is 1.74. The molecule has 0 atom stereocenters. The van der Waals surface area contributed by atoms with Crippen LogP contribution >= 0.6 is 0 Å². The van der Waals surface area contributed by atoms with Gasteiger partial charge in [0.25, 0.3) is 0 Å². The van der Waals surface area contributed by atoms with E-state index < -0.39 is 0 Å². The summed E-state index contributed by atoms with van der Waals surface area (Å²) in [6.45, 7) is 12.6. The Hall–Kier alpha value is -1.32. The van der Waals surface area contributed by atoms with E-state index in [4.69, 9.17) is 0 Å². The van der Waals surface area contributed by atoms with Crippen LogP contribution in [0.15, 0.2) is 12.4 Å². The molecule has 0 spiro atoms. The average Bonchev–Trinajstić information content (AvgIpc) is 2.33. The van der Waals surface area contributed by atoms with Gasteiger partial charge in [-0.05, 0) is 36.5 Å².